The molecule has 0 nitrogen and oxygen atoms in total. The average molecular weight is 396 g/mol. The summed E-state index contributed by atoms with van der Waals surface area (Å²) in [4.78, 5) is 0. The molecule has 0 aliphatic heterocycles. The van der Waals surface area contributed by atoms with Crippen LogP contribution >= 0.6 is 27.7 Å². The molecule has 0 saturated heterocycles. The van der Waals surface area contributed by atoms with Gasteiger partial charge in [-0.15, -0.1) is 27.7 Å². The molecule has 0 bridgehead atoms. The lowest BCUT2D eigenvalue weighted by atomic mass is 9.92. The Morgan fingerprint density at radius 2 is 1.19 bits per heavy atom. The molecular weight excluding hydrogens is 369 g/mol. The fourth-order valence-electron chi connectivity index (χ4n) is 3.43. The molecular formula is C23H27P3. The maximum absolute atomic E-state index is 2.84. The van der Waals surface area contributed by atoms with Crippen molar-refractivity contribution in [3.05, 3.63) is 82.4 Å². The summed E-state index contributed by atoms with van der Waals surface area (Å²) in [6.07, 6.45) is 2.97. The van der Waals surface area contributed by atoms with Crippen molar-refractivity contribution in [3.63, 3.8) is 0 Å². The maximum atomic E-state index is 2.84. The van der Waals surface area contributed by atoms with Gasteiger partial charge in [0.2, 0.25) is 0 Å². The Labute approximate surface area is 164 Å². The van der Waals surface area contributed by atoms with Gasteiger partial charge in [-0.05, 0) is 88.5 Å². The first-order valence-corrected chi connectivity index (χ1v) is 11.4. The van der Waals surface area contributed by atoms with E-state index in [4.69, 9.17) is 0 Å². The Balaban J connectivity index is 2.12. The molecule has 0 aliphatic rings. The third kappa shape index (κ3) is 4.26. The van der Waals surface area contributed by atoms with E-state index in [9.17, 15) is 0 Å². The molecule has 3 aromatic rings. The molecule has 0 heterocycles. The van der Waals surface area contributed by atoms with E-state index in [1.54, 1.807) is 0 Å². The van der Waals surface area contributed by atoms with E-state index in [-0.39, 0.29) is 0 Å². The summed E-state index contributed by atoms with van der Waals surface area (Å²) in [7, 11) is 8.49. The van der Waals surface area contributed by atoms with Crippen LogP contribution < -0.4 is 0 Å². The van der Waals surface area contributed by atoms with Crippen LogP contribution in [0.3, 0.4) is 0 Å². The number of benzene rings is 3. The summed E-state index contributed by atoms with van der Waals surface area (Å²) in [6, 6.07) is 20.6. The highest BCUT2D eigenvalue weighted by atomic mass is 31.0. The van der Waals surface area contributed by atoms with Crippen LogP contribution in [0.25, 0.3) is 22.3 Å². The molecule has 3 aromatic carbocycles. The predicted octanol–water partition coefficient (Wildman–Crippen LogP) is 6.76. The highest BCUT2D eigenvalue weighted by Gasteiger charge is 2.09. The van der Waals surface area contributed by atoms with Gasteiger partial charge in [0.05, 0.1) is 0 Å². The fraction of sp³-hybridized carbons (Fsp3) is 0.217. The Kier molecular flexibility index (Phi) is 6.64. The van der Waals surface area contributed by atoms with E-state index in [2.05, 4.69) is 96.2 Å². The van der Waals surface area contributed by atoms with Crippen molar-refractivity contribution in [1.82, 2.24) is 0 Å². The molecule has 3 rings (SSSR count). The van der Waals surface area contributed by atoms with Crippen LogP contribution in [0.4, 0.5) is 0 Å². The molecule has 0 spiro atoms. The summed E-state index contributed by atoms with van der Waals surface area (Å²) in [5.74, 6) is 0. The minimum atomic E-state index is 0.986. The Bertz CT molecular complexity index is 906. The molecule has 0 aromatic heterocycles. The van der Waals surface area contributed by atoms with E-state index >= 15 is 0 Å². The zero-order valence-electron chi connectivity index (χ0n) is 15.5. The van der Waals surface area contributed by atoms with Crippen LogP contribution in [-0.4, -0.2) is 0 Å². The first-order chi connectivity index (χ1) is 12.5. The van der Waals surface area contributed by atoms with Gasteiger partial charge < -0.3 is 0 Å². The molecule has 0 N–H and O–H groups in total. The molecule has 3 unspecified atom stereocenters. The fourth-order valence-corrected chi connectivity index (χ4v) is 4.16. The van der Waals surface area contributed by atoms with E-state index < -0.39 is 0 Å². The van der Waals surface area contributed by atoms with Crippen molar-refractivity contribution in [1.29, 1.82) is 0 Å². The van der Waals surface area contributed by atoms with Crippen molar-refractivity contribution >= 4 is 27.7 Å². The molecule has 0 aliphatic carbocycles. The minimum absolute atomic E-state index is 0.986. The second-order valence-corrected chi connectivity index (χ2v) is 8.05. The van der Waals surface area contributed by atoms with Gasteiger partial charge in [0.15, 0.2) is 0 Å². The van der Waals surface area contributed by atoms with E-state index in [1.807, 2.05) is 0 Å². The van der Waals surface area contributed by atoms with Gasteiger partial charge in [-0.3, -0.25) is 0 Å². The molecule has 0 amide bonds. The highest BCUT2D eigenvalue weighted by molar-refractivity contribution is 7.15. The summed E-state index contributed by atoms with van der Waals surface area (Å²) in [5, 5.41) is 0. The third-order valence-electron chi connectivity index (χ3n) is 4.91. The lowest BCUT2D eigenvalue weighted by Gasteiger charge is -2.14. The molecule has 3 heteroatoms. The SMILES string of the molecule is Cc1cc(CP)ccc1-c1ccc(C)c(-c2cc(CP)cc(CP)c2)c1. The van der Waals surface area contributed by atoms with Crippen molar-refractivity contribution in [2.75, 3.05) is 0 Å². The Morgan fingerprint density at radius 1 is 0.538 bits per heavy atom. The predicted molar refractivity (Wildman–Crippen MR) is 127 cm³/mol. The summed E-state index contributed by atoms with van der Waals surface area (Å²) < 4.78 is 0. The van der Waals surface area contributed by atoms with Gasteiger partial charge in [-0.25, -0.2) is 0 Å². The first kappa shape index (κ1) is 19.7. The number of hydrogen-bond acceptors (Lipinski definition) is 0. The van der Waals surface area contributed by atoms with Gasteiger partial charge in [0.1, 0.15) is 0 Å². The van der Waals surface area contributed by atoms with Gasteiger partial charge >= 0.3 is 0 Å². The van der Waals surface area contributed by atoms with Crippen LogP contribution in [0.1, 0.15) is 27.8 Å². The average Bonchev–Trinajstić information content (AvgIpc) is 2.67. The lowest BCUT2D eigenvalue weighted by Crippen LogP contribution is -1.92. The monoisotopic (exact) mass is 396 g/mol. The van der Waals surface area contributed by atoms with Crippen LogP contribution in [0.5, 0.6) is 0 Å². The molecule has 26 heavy (non-hydrogen) atoms. The number of aryl methyl sites for hydroxylation is 2. The standard InChI is InChI=1S/C23H27P3/c1-15-3-5-20(22-6-4-17(12-24)7-16(22)2)11-23(15)21-9-18(13-25)8-19(10-21)14-26/h3-11H,12-14,24-26H2,1-2H3. The smallest absolute Gasteiger partial charge is 0.0128 e. The van der Waals surface area contributed by atoms with E-state index in [1.165, 1.54) is 50.1 Å². The summed E-state index contributed by atoms with van der Waals surface area (Å²) in [5.41, 5.74) is 12.0. The second-order valence-electron chi connectivity index (χ2n) is 6.83. The number of rotatable bonds is 5. The van der Waals surface area contributed by atoms with Crippen molar-refractivity contribution < 1.29 is 0 Å². The van der Waals surface area contributed by atoms with E-state index in [0.717, 1.165) is 18.5 Å². The number of hydrogen-bond donors (Lipinski definition) is 0. The van der Waals surface area contributed by atoms with Gasteiger partial charge in [-0.1, -0.05) is 48.5 Å². The van der Waals surface area contributed by atoms with Crippen molar-refractivity contribution in [2.24, 2.45) is 0 Å². The summed E-state index contributed by atoms with van der Waals surface area (Å²) in [6.45, 7) is 4.41. The highest BCUT2D eigenvalue weighted by Crippen LogP contribution is 2.33. The topological polar surface area (TPSA) is 0 Å². The van der Waals surface area contributed by atoms with Crippen LogP contribution in [0.2, 0.25) is 0 Å². The lowest BCUT2D eigenvalue weighted by molar-refractivity contribution is 1.32. The zero-order chi connectivity index (χ0) is 18.7. The van der Waals surface area contributed by atoms with Gasteiger partial charge in [0.25, 0.3) is 0 Å². The van der Waals surface area contributed by atoms with Crippen LogP contribution in [0.15, 0.2) is 54.6 Å². The molecule has 0 saturated carbocycles. The zero-order valence-corrected chi connectivity index (χ0v) is 19.0. The Morgan fingerprint density at radius 3 is 1.77 bits per heavy atom. The maximum Gasteiger partial charge on any atom is -0.0128 e. The Hall–Kier alpha value is -1.05. The van der Waals surface area contributed by atoms with Gasteiger partial charge in [0, 0.05) is 0 Å². The van der Waals surface area contributed by atoms with Gasteiger partial charge in [-0.2, -0.15) is 0 Å². The molecule has 3 atom stereocenters. The second kappa shape index (κ2) is 8.76. The van der Waals surface area contributed by atoms with Crippen LogP contribution in [-0.2, 0) is 18.5 Å². The molecule has 0 fully saturated rings. The normalized spacial score (nSPS) is 11.0. The minimum Gasteiger partial charge on any atom is -0.133 e. The van der Waals surface area contributed by atoms with Crippen molar-refractivity contribution in [2.45, 2.75) is 32.3 Å². The third-order valence-corrected chi connectivity index (χ3v) is 6.32. The molecule has 0 radical (unpaired) electrons. The first-order valence-electron chi connectivity index (χ1n) is 8.99. The van der Waals surface area contributed by atoms with Crippen molar-refractivity contribution in [3.8, 4) is 22.3 Å². The quantitative estimate of drug-likeness (QED) is 0.418. The van der Waals surface area contributed by atoms with Crippen LogP contribution in [0, 0.1) is 13.8 Å². The molecule has 134 valence electrons. The van der Waals surface area contributed by atoms with E-state index in [0.29, 0.717) is 0 Å². The summed E-state index contributed by atoms with van der Waals surface area (Å²) >= 11 is 0. The largest absolute Gasteiger partial charge is 0.133 e.